The Labute approximate surface area is 123 Å². The molecule has 110 valence electrons. The monoisotopic (exact) mass is 286 g/mol. The van der Waals surface area contributed by atoms with Crippen molar-refractivity contribution in [2.45, 2.75) is 20.8 Å². The van der Waals surface area contributed by atoms with Crippen LogP contribution < -0.4 is 0 Å². The number of hydrogen-bond acceptors (Lipinski definition) is 4. The molecule has 0 bridgehead atoms. The molecule has 5 nitrogen and oxygen atoms in total. The van der Waals surface area contributed by atoms with E-state index in [1.54, 1.807) is 20.8 Å². The van der Waals surface area contributed by atoms with Gasteiger partial charge in [0, 0.05) is 11.0 Å². The molecule has 0 spiro atoms. The highest BCUT2D eigenvalue weighted by Gasteiger charge is 2.24. The number of hydrogen-bond donors (Lipinski definition) is 1. The topological polar surface area (TPSA) is 72.1 Å². The number of esters is 1. The summed E-state index contributed by atoms with van der Waals surface area (Å²) in [5.74, 6) is -0.680. The van der Waals surface area contributed by atoms with E-state index in [0.29, 0.717) is 11.3 Å². The maximum Gasteiger partial charge on any atom is 0.342 e. The van der Waals surface area contributed by atoms with Gasteiger partial charge in [0.2, 0.25) is 0 Å². The first-order valence-corrected chi connectivity index (χ1v) is 6.69. The SMILES string of the molecule is CC(C)(C)C(=O)COC(=O)c1cn[nH]c1-c1ccccc1. The second-order valence-corrected chi connectivity index (χ2v) is 5.77. The van der Waals surface area contributed by atoms with Gasteiger partial charge in [-0.1, -0.05) is 51.1 Å². The zero-order valence-electron chi connectivity index (χ0n) is 12.3. The number of carbonyl (C=O) groups excluding carboxylic acids is 2. The van der Waals surface area contributed by atoms with Gasteiger partial charge in [0.15, 0.2) is 12.4 Å². The minimum atomic E-state index is -0.555. The van der Waals surface area contributed by atoms with E-state index in [-0.39, 0.29) is 12.4 Å². The van der Waals surface area contributed by atoms with Crippen LogP contribution in [0.1, 0.15) is 31.1 Å². The van der Waals surface area contributed by atoms with Crippen LogP contribution in [-0.2, 0) is 9.53 Å². The standard InChI is InChI=1S/C16H18N2O3/c1-16(2,3)13(19)10-21-15(20)12-9-17-18-14(12)11-7-5-4-6-8-11/h4-9H,10H2,1-3H3,(H,17,18). The second kappa shape index (κ2) is 5.91. The van der Waals surface area contributed by atoms with Gasteiger partial charge in [0.05, 0.1) is 11.9 Å². The molecule has 0 atom stereocenters. The van der Waals surface area contributed by atoms with Crippen molar-refractivity contribution in [1.82, 2.24) is 10.2 Å². The molecule has 2 rings (SSSR count). The molecule has 0 aliphatic carbocycles. The molecule has 0 aliphatic heterocycles. The summed E-state index contributed by atoms with van der Waals surface area (Å²) in [6.45, 7) is 5.13. The fourth-order valence-electron chi connectivity index (χ4n) is 1.69. The number of nitrogens with zero attached hydrogens (tertiary/aromatic N) is 1. The van der Waals surface area contributed by atoms with Crippen LogP contribution in [-0.4, -0.2) is 28.6 Å². The molecule has 1 heterocycles. The van der Waals surface area contributed by atoms with Crippen LogP contribution >= 0.6 is 0 Å². The lowest BCUT2D eigenvalue weighted by Gasteiger charge is -2.16. The van der Waals surface area contributed by atoms with E-state index in [0.717, 1.165) is 5.56 Å². The number of nitrogens with one attached hydrogen (secondary N) is 1. The molecular weight excluding hydrogens is 268 g/mol. The summed E-state index contributed by atoms with van der Waals surface area (Å²) in [6, 6.07) is 9.36. The molecule has 0 saturated carbocycles. The third kappa shape index (κ3) is 3.56. The van der Waals surface area contributed by atoms with Crippen LogP contribution in [0.5, 0.6) is 0 Å². The minimum Gasteiger partial charge on any atom is -0.454 e. The van der Waals surface area contributed by atoms with Gasteiger partial charge in [0.25, 0.3) is 0 Å². The highest BCUT2D eigenvalue weighted by atomic mass is 16.5. The van der Waals surface area contributed by atoms with Crippen LogP contribution in [0.4, 0.5) is 0 Å². The van der Waals surface area contributed by atoms with Crippen molar-refractivity contribution in [2.24, 2.45) is 5.41 Å². The van der Waals surface area contributed by atoms with Crippen LogP contribution in [0.25, 0.3) is 11.3 Å². The third-order valence-corrected chi connectivity index (χ3v) is 3.09. The first-order valence-electron chi connectivity index (χ1n) is 6.69. The fourth-order valence-corrected chi connectivity index (χ4v) is 1.69. The zero-order chi connectivity index (χ0) is 15.5. The summed E-state index contributed by atoms with van der Waals surface area (Å²) >= 11 is 0. The Morgan fingerprint density at radius 3 is 2.48 bits per heavy atom. The van der Waals surface area contributed by atoms with Crippen molar-refractivity contribution < 1.29 is 14.3 Å². The van der Waals surface area contributed by atoms with Crippen molar-refractivity contribution in [3.63, 3.8) is 0 Å². The van der Waals surface area contributed by atoms with E-state index in [1.165, 1.54) is 6.20 Å². The van der Waals surface area contributed by atoms with Gasteiger partial charge in [0.1, 0.15) is 5.56 Å². The average molecular weight is 286 g/mol. The maximum absolute atomic E-state index is 12.1. The number of carbonyl (C=O) groups is 2. The molecular formula is C16H18N2O3. The van der Waals surface area contributed by atoms with Crippen molar-refractivity contribution in [3.8, 4) is 11.3 Å². The molecule has 2 aromatic rings. The Morgan fingerprint density at radius 1 is 1.19 bits per heavy atom. The van der Waals surface area contributed by atoms with E-state index in [4.69, 9.17) is 4.74 Å². The van der Waals surface area contributed by atoms with E-state index < -0.39 is 11.4 Å². The summed E-state index contributed by atoms with van der Waals surface area (Å²) in [7, 11) is 0. The molecule has 0 fully saturated rings. The number of aromatic nitrogens is 2. The quantitative estimate of drug-likeness (QED) is 0.877. The molecule has 0 radical (unpaired) electrons. The molecule has 0 aliphatic rings. The number of Topliss-reactive ketones (excluding diaryl/α,β-unsaturated/α-hetero) is 1. The first kappa shape index (κ1) is 15.0. The highest BCUT2D eigenvalue weighted by Crippen LogP contribution is 2.21. The highest BCUT2D eigenvalue weighted by molar-refractivity contribution is 5.97. The number of rotatable bonds is 4. The number of ether oxygens (including phenoxy) is 1. The molecule has 0 saturated heterocycles. The van der Waals surface area contributed by atoms with Gasteiger partial charge in [-0.2, -0.15) is 5.10 Å². The largest absolute Gasteiger partial charge is 0.454 e. The molecule has 5 heteroatoms. The zero-order valence-corrected chi connectivity index (χ0v) is 12.3. The van der Waals surface area contributed by atoms with Gasteiger partial charge in [-0.25, -0.2) is 4.79 Å². The molecule has 0 unspecified atom stereocenters. The molecule has 0 amide bonds. The third-order valence-electron chi connectivity index (χ3n) is 3.09. The maximum atomic E-state index is 12.1. The number of benzene rings is 1. The molecule has 1 aromatic carbocycles. The van der Waals surface area contributed by atoms with Gasteiger partial charge in [-0.3, -0.25) is 9.89 Å². The van der Waals surface area contributed by atoms with Gasteiger partial charge in [-0.05, 0) is 0 Å². The van der Waals surface area contributed by atoms with Crippen LogP contribution in [0.2, 0.25) is 0 Å². The molecule has 21 heavy (non-hydrogen) atoms. The van der Waals surface area contributed by atoms with Gasteiger partial charge < -0.3 is 4.74 Å². The van der Waals surface area contributed by atoms with Crippen LogP contribution in [0, 0.1) is 5.41 Å². The van der Waals surface area contributed by atoms with Crippen molar-refractivity contribution in [3.05, 3.63) is 42.1 Å². The fraction of sp³-hybridized carbons (Fsp3) is 0.312. The summed E-state index contributed by atoms with van der Waals surface area (Å²) in [4.78, 5) is 23.9. The Hall–Kier alpha value is -2.43. The van der Waals surface area contributed by atoms with Crippen molar-refractivity contribution in [1.29, 1.82) is 0 Å². The summed E-state index contributed by atoms with van der Waals surface area (Å²) in [5.41, 5.74) is 1.22. The van der Waals surface area contributed by atoms with Gasteiger partial charge in [-0.15, -0.1) is 0 Å². The summed E-state index contributed by atoms with van der Waals surface area (Å²) < 4.78 is 5.09. The molecule has 1 aromatic heterocycles. The van der Waals surface area contributed by atoms with Gasteiger partial charge >= 0.3 is 5.97 Å². The average Bonchev–Trinajstić information content (AvgIpc) is 2.93. The Morgan fingerprint density at radius 2 is 1.86 bits per heavy atom. The predicted molar refractivity (Wildman–Crippen MR) is 78.8 cm³/mol. The van der Waals surface area contributed by atoms with E-state index in [1.807, 2.05) is 30.3 Å². The van der Waals surface area contributed by atoms with Crippen molar-refractivity contribution in [2.75, 3.05) is 6.61 Å². The Kier molecular flexibility index (Phi) is 4.21. The summed E-state index contributed by atoms with van der Waals surface area (Å²) in [6.07, 6.45) is 1.41. The van der Waals surface area contributed by atoms with Crippen LogP contribution in [0.15, 0.2) is 36.5 Å². The normalized spacial score (nSPS) is 11.2. The van der Waals surface area contributed by atoms with E-state index in [2.05, 4.69) is 10.2 Å². The van der Waals surface area contributed by atoms with Crippen LogP contribution in [0.3, 0.4) is 0 Å². The Bertz CT molecular complexity index is 639. The van der Waals surface area contributed by atoms with E-state index in [9.17, 15) is 9.59 Å². The first-order chi connectivity index (χ1) is 9.89. The lowest BCUT2D eigenvalue weighted by atomic mass is 9.91. The predicted octanol–water partition coefficient (Wildman–Crippen LogP) is 2.85. The smallest absolute Gasteiger partial charge is 0.342 e. The molecule has 1 N–H and O–H groups in total. The lowest BCUT2D eigenvalue weighted by Crippen LogP contribution is -2.26. The number of aromatic amines is 1. The van der Waals surface area contributed by atoms with Crippen molar-refractivity contribution >= 4 is 11.8 Å². The van der Waals surface area contributed by atoms with E-state index >= 15 is 0 Å². The lowest BCUT2D eigenvalue weighted by molar-refractivity contribution is -0.129. The Balaban J connectivity index is 2.12. The number of ketones is 1. The number of H-pyrrole nitrogens is 1. The summed E-state index contributed by atoms with van der Waals surface area (Å²) in [5, 5.41) is 6.67. The minimum absolute atomic E-state index is 0.124. The second-order valence-electron chi connectivity index (χ2n) is 5.77.